The number of hydrogen-bond donors (Lipinski definition) is 1. The van der Waals surface area contributed by atoms with Gasteiger partial charge in [0.2, 0.25) is 0 Å². The van der Waals surface area contributed by atoms with Gasteiger partial charge in [0.15, 0.2) is 0 Å². The third kappa shape index (κ3) is 5.63. The third-order valence-corrected chi connectivity index (χ3v) is 4.70. The van der Waals surface area contributed by atoms with E-state index in [4.69, 9.17) is 15.2 Å². The average Bonchev–Trinajstić information content (AvgIpc) is 2.60. The second-order valence-corrected chi connectivity index (χ2v) is 7.11. The Morgan fingerprint density at radius 3 is 2.60 bits per heavy atom. The Balaban J connectivity index is 2.02. The Hall–Kier alpha value is -1.75. The summed E-state index contributed by atoms with van der Waals surface area (Å²) >= 11 is 0. The molecule has 2 N–H and O–H groups in total. The van der Waals surface area contributed by atoms with E-state index in [-0.39, 0.29) is 12.0 Å². The monoisotopic (exact) mass is 348 g/mol. The minimum absolute atomic E-state index is 0.262. The van der Waals surface area contributed by atoms with E-state index in [0.717, 1.165) is 19.5 Å². The van der Waals surface area contributed by atoms with Gasteiger partial charge >= 0.3 is 5.97 Å². The van der Waals surface area contributed by atoms with E-state index < -0.39 is 0 Å². The molecule has 25 heavy (non-hydrogen) atoms. The Labute approximate surface area is 151 Å². The van der Waals surface area contributed by atoms with Crippen molar-refractivity contribution in [2.75, 3.05) is 32.0 Å². The first-order chi connectivity index (χ1) is 12.0. The number of rotatable bonds is 8. The standard InChI is InChI=1S/C20H32N2O3/c1-4-12-24-19-13-16(21)8-9-17(19)20(23)25-14-18(15(2)3)22-10-6-5-7-11-22/h8-9,13,15,18H,4-7,10-12,14,21H2,1-3H3. The number of nitrogens with zero attached hydrogens (tertiary/aromatic N) is 1. The van der Waals surface area contributed by atoms with E-state index in [1.807, 2.05) is 6.92 Å². The second kappa shape index (κ2) is 9.66. The number of benzene rings is 1. The van der Waals surface area contributed by atoms with Gasteiger partial charge in [-0.1, -0.05) is 27.2 Å². The van der Waals surface area contributed by atoms with Crippen molar-refractivity contribution in [3.8, 4) is 5.75 Å². The summed E-state index contributed by atoms with van der Waals surface area (Å²) in [4.78, 5) is 15.0. The number of ether oxygens (including phenoxy) is 2. The lowest BCUT2D eigenvalue weighted by atomic mass is 10.00. The van der Waals surface area contributed by atoms with Crippen LogP contribution < -0.4 is 10.5 Å². The van der Waals surface area contributed by atoms with Gasteiger partial charge in [0, 0.05) is 17.8 Å². The molecule has 0 aliphatic carbocycles. The van der Waals surface area contributed by atoms with Crippen molar-refractivity contribution in [1.82, 2.24) is 4.90 Å². The fourth-order valence-electron chi connectivity index (χ4n) is 3.25. The lowest BCUT2D eigenvalue weighted by Crippen LogP contribution is -2.45. The molecule has 1 heterocycles. The van der Waals surface area contributed by atoms with Crippen LogP contribution in [0.3, 0.4) is 0 Å². The maximum Gasteiger partial charge on any atom is 0.341 e. The predicted octanol–water partition coefficient (Wildman–Crippen LogP) is 3.72. The molecule has 0 radical (unpaired) electrons. The largest absolute Gasteiger partial charge is 0.493 e. The molecule has 2 rings (SSSR count). The second-order valence-electron chi connectivity index (χ2n) is 7.11. The van der Waals surface area contributed by atoms with Gasteiger partial charge in [0.25, 0.3) is 0 Å². The van der Waals surface area contributed by atoms with Crippen LogP contribution in [0.15, 0.2) is 18.2 Å². The fraction of sp³-hybridized carbons (Fsp3) is 0.650. The molecule has 1 fully saturated rings. The number of carbonyl (C=O) groups is 1. The molecule has 1 aliphatic rings. The number of hydrogen-bond acceptors (Lipinski definition) is 5. The number of nitrogens with two attached hydrogens (primary N) is 1. The minimum Gasteiger partial charge on any atom is -0.493 e. The van der Waals surface area contributed by atoms with Crippen LogP contribution in [0.25, 0.3) is 0 Å². The summed E-state index contributed by atoms with van der Waals surface area (Å²) in [5, 5.41) is 0. The summed E-state index contributed by atoms with van der Waals surface area (Å²) in [6.07, 6.45) is 4.62. The van der Waals surface area contributed by atoms with E-state index in [9.17, 15) is 4.79 Å². The Morgan fingerprint density at radius 1 is 1.24 bits per heavy atom. The van der Waals surface area contributed by atoms with Crippen LogP contribution in [-0.2, 0) is 4.74 Å². The topological polar surface area (TPSA) is 64.8 Å². The zero-order valence-electron chi connectivity index (χ0n) is 15.8. The van der Waals surface area contributed by atoms with E-state index in [1.54, 1.807) is 18.2 Å². The molecule has 0 saturated carbocycles. The molecule has 1 aromatic rings. The Kier molecular flexibility index (Phi) is 7.56. The quantitative estimate of drug-likeness (QED) is 0.573. The number of anilines is 1. The van der Waals surface area contributed by atoms with Gasteiger partial charge in [-0.2, -0.15) is 0 Å². The van der Waals surface area contributed by atoms with Crippen LogP contribution >= 0.6 is 0 Å². The molecule has 0 spiro atoms. The highest BCUT2D eigenvalue weighted by molar-refractivity contribution is 5.93. The molecule has 1 saturated heterocycles. The van der Waals surface area contributed by atoms with Gasteiger partial charge in [-0.15, -0.1) is 0 Å². The highest BCUT2D eigenvalue weighted by atomic mass is 16.5. The third-order valence-electron chi connectivity index (χ3n) is 4.70. The maximum absolute atomic E-state index is 12.6. The number of carbonyl (C=O) groups excluding carboxylic acids is 1. The average molecular weight is 348 g/mol. The van der Waals surface area contributed by atoms with Crippen LogP contribution in [0.2, 0.25) is 0 Å². The molecule has 140 valence electrons. The lowest BCUT2D eigenvalue weighted by molar-refractivity contribution is 0.0230. The Morgan fingerprint density at radius 2 is 1.96 bits per heavy atom. The summed E-state index contributed by atoms with van der Waals surface area (Å²) < 4.78 is 11.3. The van der Waals surface area contributed by atoms with Crippen molar-refractivity contribution in [2.45, 2.75) is 52.5 Å². The molecular formula is C20H32N2O3. The van der Waals surface area contributed by atoms with Crippen LogP contribution in [0.5, 0.6) is 5.75 Å². The zero-order chi connectivity index (χ0) is 18.2. The van der Waals surface area contributed by atoms with Gasteiger partial charge in [-0.25, -0.2) is 4.79 Å². The lowest BCUT2D eigenvalue weighted by Gasteiger charge is -2.36. The number of piperidine rings is 1. The van der Waals surface area contributed by atoms with Crippen molar-refractivity contribution in [3.63, 3.8) is 0 Å². The molecule has 5 nitrogen and oxygen atoms in total. The first-order valence-electron chi connectivity index (χ1n) is 9.46. The number of esters is 1. The molecule has 0 amide bonds. The van der Waals surface area contributed by atoms with Gasteiger partial charge in [0.05, 0.1) is 6.61 Å². The number of nitrogen functional groups attached to an aromatic ring is 1. The van der Waals surface area contributed by atoms with E-state index >= 15 is 0 Å². The maximum atomic E-state index is 12.6. The SMILES string of the molecule is CCCOc1cc(N)ccc1C(=O)OCC(C(C)C)N1CCCCC1. The van der Waals surface area contributed by atoms with E-state index in [1.165, 1.54) is 19.3 Å². The first kappa shape index (κ1) is 19.6. The summed E-state index contributed by atoms with van der Waals surface area (Å²) in [7, 11) is 0. The van der Waals surface area contributed by atoms with E-state index in [0.29, 0.717) is 36.1 Å². The van der Waals surface area contributed by atoms with Crippen LogP contribution in [0.4, 0.5) is 5.69 Å². The summed E-state index contributed by atoms with van der Waals surface area (Å²) in [5.74, 6) is 0.604. The molecule has 1 atom stereocenters. The van der Waals surface area contributed by atoms with Gasteiger partial charge in [-0.3, -0.25) is 4.90 Å². The normalized spacial score (nSPS) is 16.6. The molecule has 1 aromatic carbocycles. The molecule has 5 heteroatoms. The van der Waals surface area contributed by atoms with Crippen LogP contribution in [0, 0.1) is 5.92 Å². The fourth-order valence-corrected chi connectivity index (χ4v) is 3.25. The zero-order valence-corrected chi connectivity index (χ0v) is 15.8. The van der Waals surface area contributed by atoms with Crippen molar-refractivity contribution in [3.05, 3.63) is 23.8 Å². The summed E-state index contributed by atoms with van der Waals surface area (Å²) in [6.45, 7) is 9.54. The summed E-state index contributed by atoms with van der Waals surface area (Å²) in [6, 6.07) is 5.35. The summed E-state index contributed by atoms with van der Waals surface area (Å²) in [5.41, 5.74) is 6.85. The van der Waals surface area contributed by atoms with E-state index in [2.05, 4.69) is 18.7 Å². The van der Waals surface area contributed by atoms with Crippen molar-refractivity contribution in [2.24, 2.45) is 5.92 Å². The van der Waals surface area contributed by atoms with Gasteiger partial charge in [0.1, 0.15) is 17.9 Å². The molecule has 0 bridgehead atoms. The number of likely N-dealkylation sites (tertiary alicyclic amines) is 1. The minimum atomic E-state index is -0.339. The molecular weight excluding hydrogens is 316 g/mol. The van der Waals surface area contributed by atoms with Crippen molar-refractivity contribution >= 4 is 11.7 Å². The van der Waals surface area contributed by atoms with Gasteiger partial charge < -0.3 is 15.2 Å². The van der Waals surface area contributed by atoms with Crippen molar-refractivity contribution in [1.29, 1.82) is 0 Å². The molecule has 1 unspecified atom stereocenters. The predicted molar refractivity (Wildman–Crippen MR) is 101 cm³/mol. The smallest absolute Gasteiger partial charge is 0.341 e. The van der Waals surface area contributed by atoms with Crippen molar-refractivity contribution < 1.29 is 14.3 Å². The first-order valence-corrected chi connectivity index (χ1v) is 9.46. The van der Waals surface area contributed by atoms with Crippen LogP contribution in [0.1, 0.15) is 56.8 Å². The highest BCUT2D eigenvalue weighted by Gasteiger charge is 2.25. The molecule has 0 aromatic heterocycles. The highest BCUT2D eigenvalue weighted by Crippen LogP contribution is 2.24. The Bertz CT molecular complexity index is 554. The van der Waals surface area contributed by atoms with Crippen LogP contribution in [-0.4, -0.2) is 43.2 Å². The van der Waals surface area contributed by atoms with Gasteiger partial charge in [-0.05, 0) is 50.4 Å². The molecule has 1 aliphatic heterocycles.